The molecule has 3 nitrogen and oxygen atoms in total. The van der Waals surface area contributed by atoms with Gasteiger partial charge in [0.25, 0.3) is 0 Å². The van der Waals surface area contributed by atoms with E-state index in [9.17, 15) is 4.79 Å². The normalized spacial score (nSPS) is 19.0. The first kappa shape index (κ1) is 17.6. The molecule has 4 heteroatoms. The van der Waals surface area contributed by atoms with Crippen molar-refractivity contribution in [1.82, 2.24) is 5.32 Å². The van der Waals surface area contributed by atoms with Crippen molar-refractivity contribution in [2.75, 3.05) is 6.61 Å². The largest absolute Gasteiger partial charge is 0.447 e. The summed E-state index contributed by atoms with van der Waals surface area (Å²) in [5.74, 6) is 6.54. The lowest BCUT2D eigenvalue weighted by molar-refractivity contribution is 0.172. The van der Waals surface area contributed by atoms with Crippen molar-refractivity contribution in [1.29, 1.82) is 0 Å². The van der Waals surface area contributed by atoms with Gasteiger partial charge in [-0.15, -0.1) is 11.3 Å². The van der Waals surface area contributed by atoms with Gasteiger partial charge in [0.15, 0.2) is 0 Å². The standard InChI is InChI=1S/C21H23NO2S/c1-21(16-24-20(23)22-21)13-12-19-14-18(15-25-19)11-7-3-6-10-17-8-4-2-5-9-17/h2,4-5,8-9,14-15H,3,6,10,12-13,16H2,1H3,(H,22,23). The number of unbranched alkanes of at least 4 members (excludes halogenated alkanes) is 1. The SMILES string of the molecule is CC1(CCc2cc(C#CCCCc3ccccc3)cs2)COC(=O)N1. The minimum atomic E-state index is -0.310. The van der Waals surface area contributed by atoms with E-state index in [0.29, 0.717) is 6.61 Å². The summed E-state index contributed by atoms with van der Waals surface area (Å²) in [4.78, 5) is 12.5. The fourth-order valence-corrected chi connectivity index (χ4v) is 3.66. The number of thiophene rings is 1. The van der Waals surface area contributed by atoms with Gasteiger partial charge in [-0.25, -0.2) is 4.79 Å². The predicted octanol–water partition coefficient (Wildman–Crippen LogP) is 4.55. The highest BCUT2D eigenvalue weighted by Crippen LogP contribution is 2.22. The zero-order valence-electron chi connectivity index (χ0n) is 14.5. The maximum atomic E-state index is 11.2. The number of hydrogen-bond acceptors (Lipinski definition) is 3. The number of cyclic esters (lactones) is 1. The van der Waals surface area contributed by atoms with Crippen LogP contribution in [0, 0.1) is 11.8 Å². The summed E-state index contributed by atoms with van der Waals surface area (Å²) in [6, 6.07) is 12.7. The Balaban J connectivity index is 1.42. The van der Waals surface area contributed by atoms with Gasteiger partial charge in [-0.3, -0.25) is 0 Å². The van der Waals surface area contributed by atoms with E-state index in [0.717, 1.165) is 37.7 Å². The van der Waals surface area contributed by atoms with Crippen molar-refractivity contribution in [2.24, 2.45) is 0 Å². The lowest BCUT2D eigenvalue weighted by Gasteiger charge is -2.19. The van der Waals surface area contributed by atoms with Gasteiger partial charge in [0, 0.05) is 22.2 Å². The molecule has 25 heavy (non-hydrogen) atoms. The van der Waals surface area contributed by atoms with Crippen molar-refractivity contribution in [3.8, 4) is 11.8 Å². The summed E-state index contributed by atoms with van der Waals surface area (Å²) in [6.07, 6.45) is 4.59. The first-order valence-corrected chi connectivity index (χ1v) is 9.56. The smallest absolute Gasteiger partial charge is 0.407 e. The van der Waals surface area contributed by atoms with E-state index in [1.165, 1.54) is 10.4 Å². The Bertz CT molecular complexity index is 772. The van der Waals surface area contributed by atoms with E-state index in [1.807, 2.05) is 13.0 Å². The molecule has 0 saturated carbocycles. The molecular formula is C21H23NO2S. The molecule has 130 valence electrons. The summed E-state index contributed by atoms with van der Waals surface area (Å²) in [5.41, 5.74) is 2.22. The minimum Gasteiger partial charge on any atom is -0.447 e. The maximum Gasteiger partial charge on any atom is 0.407 e. The van der Waals surface area contributed by atoms with Crippen LogP contribution in [0.4, 0.5) is 4.79 Å². The Morgan fingerprint density at radius 2 is 2.12 bits per heavy atom. The Morgan fingerprint density at radius 3 is 2.88 bits per heavy atom. The van der Waals surface area contributed by atoms with Crippen LogP contribution in [0.25, 0.3) is 0 Å². The quantitative estimate of drug-likeness (QED) is 0.611. The fraction of sp³-hybridized carbons (Fsp3) is 0.381. The van der Waals surface area contributed by atoms with Crippen LogP contribution in [0.5, 0.6) is 0 Å². The lowest BCUT2D eigenvalue weighted by atomic mass is 9.97. The molecule has 1 fully saturated rings. The third-order valence-corrected chi connectivity index (χ3v) is 5.34. The summed E-state index contributed by atoms with van der Waals surface area (Å²) >= 11 is 1.74. The molecule has 0 radical (unpaired) electrons. The number of benzene rings is 1. The van der Waals surface area contributed by atoms with E-state index in [4.69, 9.17) is 4.74 Å². The number of alkyl carbamates (subject to hydrolysis) is 1. The lowest BCUT2D eigenvalue weighted by Crippen LogP contribution is -2.40. The molecule has 1 aromatic heterocycles. The number of carbonyl (C=O) groups excluding carboxylic acids is 1. The molecule has 1 aliphatic rings. The minimum absolute atomic E-state index is 0.246. The predicted molar refractivity (Wildman–Crippen MR) is 102 cm³/mol. The van der Waals surface area contributed by atoms with E-state index < -0.39 is 0 Å². The van der Waals surface area contributed by atoms with Gasteiger partial charge in [0.1, 0.15) is 6.61 Å². The van der Waals surface area contributed by atoms with Crippen LogP contribution in [0.1, 0.15) is 42.2 Å². The zero-order chi connectivity index (χ0) is 17.5. The van der Waals surface area contributed by atoms with Crippen LogP contribution in [0.2, 0.25) is 0 Å². The molecule has 1 aromatic carbocycles. The zero-order valence-corrected chi connectivity index (χ0v) is 15.3. The molecule has 2 aromatic rings. The Kier molecular flexibility index (Phi) is 5.78. The average molecular weight is 353 g/mol. The molecular weight excluding hydrogens is 330 g/mol. The highest BCUT2D eigenvalue weighted by molar-refractivity contribution is 7.10. The van der Waals surface area contributed by atoms with Crippen LogP contribution >= 0.6 is 11.3 Å². The number of rotatable bonds is 6. The Labute approximate surface area is 153 Å². The van der Waals surface area contributed by atoms with Gasteiger partial charge in [-0.2, -0.15) is 0 Å². The van der Waals surface area contributed by atoms with Crippen LogP contribution in [-0.2, 0) is 17.6 Å². The third-order valence-electron chi connectivity index (χ3n) is 4.35. The summed E-state index contributed by atoms with van der Waals surface area (Å²) in [6.45, 7) is 2.48. The van der Waals surface area contributed by atoms with Crippen LogP contribution in [0.15, 0.2) is 41.8 Å². The Morgan fingerprint density at radius 1 is 1.28 bits per heavy atom. The van der Waals surface area contributed by atoms with Crippen molar-refractivity contribution in [3.05, 3.63) is 57.8 Å². The van der Waals surface area contributed by atoms with Gasteiger partial charge < -0.3 is 10.1 Å². The van der Waals surface area contributed by atoms with Gasteiger partial charge >= 0.3 is 6.09 Å². The van der Waals surface area contributed by atoms with Crippen molar-refractivity contribution in [2.45, 2.75) is 44.6 Å². The monoisotopic (exact) mass is 353 g/mol. The summed E-state index contributed by atoms with van der Waals surface area (Å²) in [5, 5.41) is 5.00. The molecule has 0 spiro atoms. The number of hydrogen-bond donors (Lipinski definition) is 1. The Hall–Kier alpha value is -2.25. The van der Waals surface area contributed by atoms with E-state index in [-0.39, 0.29) is 11.6 Å². The maximum absolute atomic E-state index is 11.2. The fourth-order valence-electron chi connectivity index (χ4n) is 2.84. The van der Waals surface area contributed by atoms with Crippen LogP contribution in [-0.4, -0.2) is 18.2 Å². The van der Waals surface area contributed by atoms with Crippen molar-refractivity contribution < 1.29 is 9.53 Å². The number of carbonyl (C=O) groups is 1. The summed E-state index contributed by atoms with van der Waals surface area (Å²) < 4.78 is 5.00. The molecule has 2 heterocycles. The highest BCUT2D eigenvalue weighted by Gasteiger charge is 2.34. The number of ether oxygens (including phenoxy) is 1. The first-order valence-electron chi connectivity index (χ1n) is 8.68. The average Bonchev–Trinajstić information content (AvgIpc) is 3.20. The van der Waals surface area contributed by atoms with E-state index >= 15 is 0 Å². The molecule has 0 bridgehead atoms. The molecule has 1 aliphatic heterocycles. The third kappa shape index (κ3) is 5.37. The highest BCUT2D eigenvalue weighted by atomic mass is 32.1. The molecule has 3 rings (SSSR count). The van der Waals surface area contributed by atoms with Crippen molar-refractivity contribution >= 4 is 17.4 Å². The van der Waals surface area contributed by atoms with Crippen LogP contribution < -0.4 is 5.32 Å². The number of amides is 1. The number of aryl methyl sites for hydroxylation is 2. The van der Waals surface area contributed by atoms with Crippen LogP contribution in [0.3, 0.4) is 0 Å². The van der Waals surface area contributed by atoms with Gasteiger partial charge in [-0.1, -0.05) is 42.2 Å². The van der Waals surface area contributed by atoms with E-state index in [2.05, 4.69) is 52.9 Å². The number of nitrogens with one attached hydrogen (secondary N) is 1. The molecule has 1 unspecified atom stereocenters. The topological polar surface area (TPSA) is 38.3 Å². The van der Waals surface area contributed by atoms with Crippen molar-refractivity contribution in [3.63, 3.8) is 0 Å². The molecule has 0 aliphatic carbocycles. The second-order valence-electron chi connectivity index (χ2n) is 6.70. The van der Waals surface area contributed by atoms with Gasteiger partial charge in [0.2, 0.25) is 0 Å². The molecule has 1 saturated heterocycles. The molecule has 1 atom stereocenters. The molecule has 1 amide bonds. The molecule has 1 N–H and O–H groups in total. The second kappa shape index (κ2) is 8.22. The summed E-state index contributed by atoms with van der Waals surface area (Å²) in [7, 11) is 0. The van der Waals surface area contributed by atoms with E-state index in [1.54, 1.807) is 11.3 Å². The first-order chi connectivity index (χ1) is 12.1. The second-order valence-corrected chi connectivity index (χ2v) is 7.70. The van der Waals surface area contributed by atoms with Gasteiger partial charge in [-0.05, 0) is 44.2 Å². The van der Waals surface area contributed by atoms with Gasteiger partial charge in [0.05, 0.1) is 5.54 Å².